The topological polar surface area (TPSA) is 38.7 Å². The van der Waals surface area contributed by atoms with Crippen LogP contribution in [0.5, 0.6) is 0 Å². The molecule has 0 unspecified atom stereocenters. The summed E-state index contributed by atoms with van der Waals surface area (Å²) in [6, 6.07) is 0. The van der Waals surface area contributed by atoms with Crippen LogP contribution in [0, 0.1) is 0 Å². The molecule has 0 heterocycles. The molecule has 0 aliphatic heterocycles. The van der Waals surface area contributed by atoms with Crippen molar-refractivity contribution in [3.63, 3.8) is 0 Å². The van der Waals surface area contributed by atoms with Crippen LogP contribution in [-0.4, -0.2) is 18.1 Å². The number of allylic oxidation sites excluding steroid dienone is 5. The van der Waals surface area contributed by atoms with E-state index in [0.29, 0.717) is 13.0 Å². The Labute approximate surface area is 135 Å². The van der Waals surface area contributed by atoms with E-state index in [4.69, 9.17) is 4.74 Å². The van der Waals surface area contributed by atoms with Gasteiger partial charge < -0.3 is 4.74 Å². The van der Waals surface area contributed by atoms with E-state index in [2.05, 4.69) is 11.6 Å². The second-order valence-corrected chi connectivity index (χ2v) is 4.83. The quantitative estimate of drug-likeness (QED) is 0.242. The van der Waals surface area contributed by atoms with Crippen LogP contribution < -0.4 is 0 Å². The van der Waals surface area contributed by atoms with Gasteiger partial charge in [0, 0.05) is 12.1 Å². The smallest absolute Gasteiger partial charge is 0.158 e. The summed E-state index contributed by atoms with van der Waals surface area (Å²) in [5.74, 6) is 0.897. The van der Waals surface area contributed by atoms with Gasteiger partial charge in [0.2, 0.25) is 0 Å². The van der Waals surface area contributed by atoms with Gasteiger partial charge in [-0.3, -0.25) is 4.79 Å². The molecule has 0 bridgehead atoms. The fourth-order valence-corrected chi connectivity index (χ4v) is 1.87. The van der Waals surface area contributed by atoms with E-state index >= 15 is 0 Å². The Hall–Kier alpha value is -1.90. The highest BCUT2D eigenvalue weighted by molar-refractivity contribution is 6.04. The molecule has 0 saturated heterocycles. The van der Waals surface area contributed by atoms with E-state index in [1.165, 1.54) is 0 Å². The second kappa shape index (κ2) is 11.7. The third-order valence-corrected chi connectivity index (χ3v) is 3.02. The molecular weight excluding hydrogens is 274 g/mol. The number of hydrogen-bond acceptors (Lipinski definition) is 3. The van der Waals surface area contributed by atoms with E-state index < -0.39 is 0 Å². The Bertz CT molecular complexity index is 494. The van der Waals surface area contributed by atoms with Gasteiger partial charge >= 0.3 is 0 Å². The molecule has 0 radical (unpaired) electrons. The molecule has 3 nitrogen and oxygen atoms in total. The van der Waals surface area contributed by atoms with E-state index in [1.54, 1.807) is 6.08 Å². The number of Topliss-reactive ketones (excluding diaryl/α,β-unsaturated/α-hetero) is 1. The number of rotatable bonds is 10. The van der Waals surface area contributed by atoms with E-state index in [0.717, 1.165) is 35.6 Å². The minimum Gasteiger partial charge on any atom is -0.492 e. The molecule has 0 aliphatic carbocycles. The molecule has 0 spiro atoms. The highest BCUT2D eigenvalue weighted by atomic mass is 16.5. The van der Waals surface area contributed by atoms with Crippen molar-refractivity contribution >= 4 is 11.5 Å². The first-order valence-corrected chi connectivity index (χ1v) is 7.95. The number of hydrogen-bond donors (Lipinski definition) is 0. The monoisotopic (exact) mass is 303 g/mol. The van der Waals surface area contributed by atoms with Crippen molar-refractivity contribution in [1.29, 1.82) is 0 Å². The molecule has 0 fully saturated rings. The van der Waals surface area contributed by atoms with Crippen LogP contribution >= 0.6 is 0 Å². The number of ketones is 1. The van der Waals surface area contributed by atoms with Gasteiger partial charge in [-0.15, -0.1) is 0 Å². The fourth-order valence-electron chi connectivity index (χ4n) is 1.87. The Morgan fingerprint density at radius 1 is 1.27 bits per heavy atom. The molecule has 122 valence electrons. The van der Waals surface area contributed by atoms with Gasteiger partial charge in [0.15, 0.2) is 5.78 Å². The summed E-state index contributed by atoms with van der Waals surface area (Å²) in [6.07, 6.45) is 9.44. The Balaban J connectivity index is 5.53. The van der Waals surface area contributed by atoms with Crippen molar-refractivity contribution < 1.29 is 9.53 Å². The Kier molecular flexibility index (Phi) is 10.7. The van der Waals surface area contributed by atoms with Crippen molar-refractivity contribution in [3.05, 3.63) is 47.9 Å². The van der Waals surface area contributed by atoms with Gasteiger partial charge in [0.05, 0.1) is 6.61 Å². The van der Waals surface area contributed by atoms with E-state index in [1.807, 2.05) is 52.8 Å². The Morgan fingerprint density at radius 3 is 2.41 bits per heavy atom. The standard InChI is InChI=1S/C19H29NO2/c1-7-12-17(19(10-4)22-11-5)20-16(9-3)14-15(6)18(21)13-8-2/h7,10,12,14H,1,8-9,11,13H2,2-6H3/b15-14+,17-12+,19-10+,20-16+. The normalized spacial score (nSPS) is 14.0. The minimum absolute atomic E-state index is 0.175. The molecule has 0 atom stereocenters. The maximum absolute atomic E-state index is 11.9. The summed E-state index contributed by atoms with van der Waals surface area (Å²) in [6.45, 7) is 14.0. The maximum Gasteiger partial charge on any atom is 0.158 e. The number of carbonyl (C=O) groups is 1. The average Bonchev–Trinajstić information content (AvgIpc) is 2.51. The molecule has 0 amide bonds. The lowest BCUT2D eigenvalue weighted by Gasteiger charge is -2.10. The first-order chi connectivity index (χ1) is 10.5. The summed E-state index contributed by atoms with van der Waals surface area (Å²) >= 11 is 0. The fraction of sp³-hybridized carbons (Fsp3) is 0.474. The lowest BCUT2D eigenvalue weighted by Crippen LogP contribution is -2.03. The van der Waals surface area contributed by atoms with E-state index in [9.17, 15) is 4.79 Å². The number of nitrogens with zero attached hydrogens (tertiary/aromatic N) is 1. The van der Waals surface area contributed by atoms with Gasteiger partial charge in [-0.2, -0.15) is 0 Å². The van der Waals surface area contributed by atoms with Crippen LogP contribution in [0.2, 0.25) is 0 Å². The van der Waals surface area contributed by atoms with Crippen molar-refractivity contribution in [2.24, 2.45) is 4.99 Å². The number of aliphatic imine (C=N–C) groups is 1. The average molecular weight is 303 g/mol. The number of carbonyl (C=O) groups excluding carboxylic acids is 1. The molecule has 0 rings (SSSR count). The molecule has 0 aromatic rings. The molecule has 22 heavy (non-hydrogen) atoms. The third-order valence-electron chi connectivity index (χ3n) is 3.02. The summed E-state index contributed by atoms with van der Waals surface area (Å²) in [7, 11) is 0. The Morgan fingerprint density at radius 2 is 1.95 bits per heavy atom. The minimum atomic E-state index is 0.175. The van der Waals surface area contributed by atoms with Crippen molar-refractivity contribution in [1.82, 2.24) is 0 Å². The summed E-state index contributed by atoms with van der Waals surface area (Å²) in [4.78, 5) is 16.5. The lowest BCUT2D eigenvalue weighted by atomic mass is 10.1. The van der Waals surface area contributed by atoms with Crippen molar-refractivity contribution in [3.8, 4) is 0 Å². The first kappa shape index (κ1) is 20.1. The third kappa shape index (κ3) is 7.21. The zero-order valence-electron chi connectivity index (χ0n) is 14.6. The molecule has 0 aromatic carbocycles. The number of ether oxygens (including phenoxy) is 1. The molecule has 3 heteroatoms. The lowest BCUT2D eigenvalue weighted by molar-refractivity contribution is -0.115. The van der Waals surface area contributed by atoms with Crippen LogP contribution in [0.1, 0.15) is 53.9 Å². The molecule has 0 N–H and O–H groups in total. The van der Waals surface area contributed by atoms with Crippen LogP contribution in [-0.2, 0) is 9.53 Å². The van der Waals surface area contributed by atoms with Crippen LogP contribution in [0.15, 0.2) is 52.9 Å². The SMILES string of the molecule is C=C/C=C(/N=C(/C=C(\C)C(=O)CCC)CC)C(=C/C)\OCC. The molecule has 0 aliphatic rings. The first-order valence-electron chi connectivity index (χ1n) is 7.95. The maximum atomic E-state index is 11.9. The summed E-state index contributed by atoms with van der Waals surface area (Å²) in [5, 5.41) is 0. The summed E-state index contributed by atoms with van der Waals surface area (Å²) < 4.78 is 5.59. The van der Waals surface area contributed by atoms with Crippen LogP contribution in [0.25, 0.3) is 0 Å². The zero-order chi connectivity index (χ0) is 17.0. The van der Waals surface area contributed by atoms with Crippen molar-refractivity contribution in [2.75, 3.05) is 6.61 Å². The second-order valence-electron chi connectivity index (χ2n) is 4.83. The predicted molar refractivity (Wildman–Crippen MR) is 95.1 cm³/mol. The predicted octanol–water partition coefficient (Wildman–Crippen LogP) is 5.16. The van der Waals surface area contributed by atoms with Gasteiger partial charge in [-0.05, 0) is 57.4 Å². The van der Waals surface area contributed by atoms with E-state index in [-0.39, 0.29) is 5.78 Å². The van der Waals surface area contributed by atoms with Gasteiger partial charge in [0.1, 0.15) is 11.5 Å². The molecule has 0 aromatic heterocycles. The molecule has 0 saturated carbocycles. The van der Waals surface area contributed by atoms with Crippen LogP contribution in [0.3, 0.4) is 0 Å². The highest BCUT2D eigenvalue weighted by Crippen LogP contribution is 2.15. The van der Waals surface area contributed by atoms with Gasteiger partial charge in [0.25, 0.3) is 0 Å². The highest BCUT2D eigenvalue weighted by Gasteiger charge is 2.07. The van der Waals surface area contributed by atoms with Gasteiger partial charge in [-0.25, -0.2) is 4.99 Å². The van der Waals surface area contributed by atoms with Crippen LogP contribution in [0.4, 0.5) is 0 Å². The van der Waals surface area contributed by atoms with Crippen molar-refractivity contribution in [2.45, 2.75) is 53.9 Å². The zero-order valence-corrected chi connectivity index (χ0v) is 14.6. The summed E-state index contributed by atoms with van der Waals surface area (Å²) in [5.41, 5.74) is 2.33. The van der Waals surface area contributed by atoms with Gasteiger partial charge in [-0.1, -0.05) is 26.5 Å². The largest absolute Gasteiger partial charge is 0.492 e. The molecular formula is C19H29NO2.